The molecule has 6 nitrogen and oxygen atoms in total. The zero-order chi connectivity index (χ0) is 15.2. The van der Waals surface area contributed by atoms with E-state index in [1.165, 1.54) is 0 Å². The standard InChI is InChI=1S/C16H15N3O3/c20-16(18-12-6-2-1-3-7-12)21-11-13-10-15(19-22-13)14-8-4-5-9-17-14/h1-9,13H,10-11H2,(H,18,20). The summed E-state index contributed by atoms with van der Waals surface area (Å²) in [5, 5.41) is 6.63. The van der Waals surface area contributed by atoms with E-state index in [-0.39, 0.29) is 12.7 Å². The Bertz CT molecular complexity index is 659. The van der Waals surface area contributed by atoms with E-state index in [9.17, 15) is 4.79 Å². The maximum absolute atomic E-state index is 11.7. The number of rotatable bonds is 4. The van der Waals surface area contributed by atoms with Crippen LogP contribution in [0.4, 0.5) is 10.5 Å². The number of nitrogens with zero attached hydrogens (tertiary/aromatic N) is 2. The van der Waals surface area contributed by atoms with Crippen molar-refractivity contribution in [2.75, 3.05) is 11.9 Å². The number of ether oxygens (including phenoxy) is 1. The number of hydrogen-bond acceptors (Lipinski definition) is 5. The molecule has 1 aromatic carbocycles. The molecule has 1 amide bonds. The van der Waals surface area contributed by atoms with E-state index in [2.05, 4.69) is 15.5 Å². The molecule has 1 aliphatic rings. The second-order valence-corrected chi connectivity index (χ2v) is 4.77. The summed E-state index contributed by atoms with van der Waals surface area (Å²) in [6, 6.07) is 14.7. The molecule has 0 saturated heterocycles. The van der Waals surface area contributed by atoms with Gasteiger partial charge < -0.3 is 9.57 Å². The smallest absolute Gasteiger partial charge is 0.411 e. The van der Waals surface area contributed by atoms with Crippen molar-refractivity contribution in [3.05, 3.63) is 60.4 Å². The third-order valence-electron chi connectivity index (χ3n) is 3.11. The maximum Gasteiger partial charge on any atom is 0.411 e. The van der Waals surface area contributed by atoms with Gasteiger partial charge in [0.2, 0.25) is 0 Å². The van der Waals surface area contributed by atoms with Crippen LogP contribution in [0.3, 0.4) is 0 Å². The molecule has 112 valence electrons. The Morgan fingerprint density at radius 3 is 2.82 bits per heavy atom. The summed E-state index contributed by atoms with van der Waals surface area (Å²) in [4.78, 5) is 21.2. The average Bonchev–Trinajstić information content (AvgIpc) is 3.04. The van der Waals surface area contributed by atoms with Crippen LogP contribution in [-0.2, 0) is 9.57 Å². The van der Waals surface area contributed by atoms with Crippen LogP contribution >= 0.6 is 0 Å². The lowest BCUT2D eigenvalue weighted by atomic mass is 10.1. The zero-order valence-corrected chi connectivity index (χ0v) is 11.8. The third kappa shape index (κ3) is 3.60. The molecule has 0 fully saturated rings. The molecule has 3 rings (SSSR count). The minimum atomic E-state index is -0.513. The highest BCUT2D eigenvalue weighted by molar-refractivity contribution is 5.99. The van der Waals surface area contributed by atoms with Crippen molar-refractivity contribution in [3.8, 4) is 0 Å². The summed E-state index contributed by atoms with van der Waals surface area (Å²) in [5.74, 6) is 0. The molecule has 6 heteroatoms. The van der Waals surface area contributed by atoms with Crippen LogP contribution < -0.4 is 5.32 Å². The normalized spacial score (nSPS) is 16.5. The summed E-state index contributed by atoms with van der Waals surface area (Å²) in [6.07, 6.45) is 1.48. The van der Waals surface area contributed by atoms with Crippen molar-refractivity contribution in [2.45, 2.75) is 12.5 Å². The van der Waals surface area contributed by atoms with Crippen molar-refractivity contribution >= 4 is 17.5 Å². The number of oxime groups is 1. The van der Waals surface area contributed by atoms with Gasteiger partial charge in [-0.05, 0) is 24.3 Å². The van der Waals surface area contributed by atoms with Crippen molar-refractivity contribution in [2.24, 2.45) is 5.16 Å². The molecule has 1 N–H and O–H groups in total. The maximum atomic E-state index is 11.7. The van der Waals surface area contributed by atoms with Crippen molar-refractivity contribution in [1.29, 1.82) is 0 Å². The SMILES string of the molecule is O=C(Nc1ccccc1)OCC1CC(c2ccccn2)=NO1. The minimum absolute atomic E-state index is 0.137. The highest BCUT2D eigenvalue weighted by atomic mass is 16.7. The number of carbonyl (C=O) groups excluding carboxylic acids is 1. The predicted molar refractivity (Wildman–Crippen MR) is 81.7 cm³/mol. The Morgan fingerprint density at radius 1 is 1.23 bits per heavy atom. The van der Waals surface area contributed by atoms with Crippen LogP contribution in [0.15, 0.2) is 59.9 Å². The van der Waals surface area contributed by atoms with E-state index < -0.39 is 6.09 Å². The van der Waals surface area contributed by atoms with Crippen LogP contribution in [0.5, 0.6) is 0 Å². The highest BCUT2D eigenvalue weighted by Crippen LogP contribution is 2.15. The zero-order valence-electron chi connectivity index (χ0n) is 11.8. The molecule has 2 aromatic rings. The quantitative estimate of drug-likeness (QED) is 0.941. The number of pyridine rings is 1. The summed E-state index contributed by atoms with van der Waals surface area (Å²) < 4.78 is 5.15. The molecular weight excluding hydrogens is 282 g/mol. The topological polar surface area (TPSA) is 72.8 Å². The molecule has 1 atom stereocenters. The Hall–Kier alpha value is -2.89. The van der Waals surface area contributed by atoms with Gasteiger partial charge in [-0.3, -0.25) is 10.3 Å². The van der Waals surface area contributed by atoms with Gasteiger partial charge in [0.15, 0.2) is 6.10 Å². The first-order valence-corrected chi connectivity index (χ1v) is 6.94. The second kappa shape index (κ2) is 6.71. The van der Waals surface area contributed by atoms with Crippen molar-refractivity contribution in [1.82, 2.24) is 4.98 Å². The first-order chi connectivity index (χ1) is 10.8. The fraction of sp³-hybridized carbons (Fsp3) is 0.188. The summed E-state index contributed by atoms with van der Waals surface area (Å²) >= 11 is 0. The molecule has 0 spiro atoms. The first kappa shape index (κ1) is 14.1. The van der Waals surface area contributed by atoms with E-state index in [1.54, 1.807) is 18.3 Å². The number of amides is 1. The highest BCUT2D eigenvalue weighted by Gasteiger charge is 2.24. The van der Waals surface area contributed by atoms with Crippen LogP contribution in [0.2, 0.25) is 0 Å². The molecule has 0 bridgehead atoms. The monoisotopic (exact) mass is 297 g/mol. The molecule has 1 aliphatic heterocycles. The van der Waals surface area contributed by atoms with Gasteiger partial charge in [-0.15, -0.1) is 0 Å². The van der Waals surface area contributed by atoms with E-state index in [0.717, 1.165) is 11.4 Å². The third-order valence-corrected chi connectivity index (χ3v) is 3.11. The minimum Gasteiger partial charge on any atom is -0.445 e. The van der Waals surface area contributed by atoms with Crippen molar-refractivity contribution < 1.29 is 14.4 Å². The lowest BCUT2D eigenvalue weighted by Crippen LogP contribution is -2.22. The number of anilines is 1. The van der Waals surface area contributed by atoms with E-state index in [1.807, 2.05) is 36.4 Å². The van der Waals surface area contributed by atoms with Crippen LogP contribution in [0.25, 0.3) is 0 Å². The summed E-state index contributed by atoms with van der Waals surface area (Å²) in [7, 11) is 0. The van der Waals surface area contributed by atoms with Gasteiger partial charge in [-0.25, -0.2) is 4.79 Å². The van der Waals surface area contributed by atoms with Gasteiger partial charge in [0.25, 0.3) is 0 Å². The van der Waals surface area contributed by atoms with Gasteiger partial charge in [0, 0.05) is 18.3 Å². The molecule has 1 aromatic heterocycles. The number of benzene rings is 1. The van der Waals surface area contributed by atoms with Gasteiger partial charge in [0.1, 0.15) is 12.3 Å². The second-order valence-electron chi connectivity index (χ2n) is 4.77. The number of carbonyl (C=O) groups is 1. The van der Waals surface area contributed by atoms with Crippen LogP contribution in [0.1, 0.15) is 12.1 Å². The molecule has 1 unspecified atom stereocenters. The van der Waals surface area contributed by atoms with Gasteiger partial charge in [-0.2, -0.15) is 0 Å². The van der Waals surface area contributed by atoms with Gasteiger partial charge >= 0.3 is 6.09 Å². The molecular formula is C16H15N3O3. The number of hydrogen-bond donors (Lipinski definition) is 1. The number of para-hydroxylation sites is 1. The molecule has 22 heavy (non-hydrogen) atoms. The summed E-state index contributed by atoms with van der Waals surface area (Å²) in [6.45, 7) is 0.137. The van der Waals surface area contributed by atoms with Gasteiger partial charge in [-0.1, -0.05) is 29.4 Å². The first-order valence-electron chi connectivity index (χ1n) is 6.94. The number of nitrogens with one attached hydrogen (secondary N) is 1. The number of aromatic nitrogens is 1. The fourth-order valence-electron chi connectivity index (χ4n) is 2.05. The molecule has 2 heterocycles. The van der Waals surface area contributed by atoms with E-state index in [4.69, 9.17) is 9.57 Å². The van der Waals surface area contributed by atoms with Crippen LogP contribution in [-0.4, -0.2) is 29.5 Å². The molecule has 0 radical (unpaired) electrons. The Balaban J connectivity index is 1.45. The lowest BCUT2D eigenvalue weighted by molar-refractivity contribution is 0.0311. The average molecular weight is 297 g/mol. The Kier molecular flexibility index (Phi) is 4.29. The Labute approximate surface area is 127 Å². The van der Waals surface area contributed by atoms with E-state index in [0.29, 0.717) is 12.1 Å². The fourth-order valence-corrected chi connectivity index (χ4v) is 2.05. The molecule has 0 saturated carbocycles. The van der Waals surface area contributed by atoms with Crippen LogP contribution in [0, 0.1) is 0 Å². The van der Waals surface area contributed by atoms with Crippen molar-refractivity contribution in [3.63, 3.8) is 0 Å². The van der Waals surface area contributed by atoms with Gasteiger partial charge in [0.05, 0.1) is 5.69 Å². The lowest BCUT2D eigenvalue weighted by Gasteiger charge is -2.10. The molecule has 0 aliphatic carbocycles. The largest absolute Gasteiger partial charge is 0.445 e. The predicted octanol–water partition coefficient (Wildman–Crippen LogP) is 2.82. The Morgan fingerprint density at radius 2 is 2.05 bits per heavy atom. The summed E-state index contributed by atoms with van der Waals surface area (Å²) in [5.41, 5.74) is 2.22. The van der Waals surface area contributed by atoms with E-state index >= 15 is 0 Å².